The van der Waals surface area contributed by atoms with E-state index in [0.29, 0.717) is 17.7 Å². The summed E-state index contributed by atoms with van der Waals surface area (Å²) in [7, 11) is 0. The third kappa shape index (κ3) is 5.00. The number of esters is 1. The van der Waals surface area contributed by atoms with Gasteiger partial charge in [0.05, 0.1) is 18.2 Å². The first-order chi connectivity index (χ1) is 12.2. The molecule has 142 valence electrons. The van der Waals surface area contributed by atoms with Crippen molar-refractivity contribution in [3.05, 3.63) is 41.1 Å². The van der Waals surface area contributed by atoms with Crippen molar-refractivity contribution in [2.75, 3.05) is 6.61 Å². The third-order valence-corrected chi connectivity index (χ3v) is 3.79. The van der Waals surface area contributed by atoms with Crippen molar-refractivity contribution in [2.24, 2.45) is 0 Å². The minimum atomic E-state index is -0.548. The first-order valence-corrected chi connectivity index (χ1v) is 9.01. The van der Waals surface area contributed by atoms with Gasteiger partial charge in [-0.15, -0.1) is 0 Å². The zero-order valence-electron chi connectivity index (χ0n) is 16.1. The normalized spacial score (nSPS) is 17.4. The first-order valence-electron chi connectivity index (χ1n) is 9.01. The van der Waals surface area contributed by atoms with Crippen molar-refractivity contribution < 1.29 is 19.1 Å². The van der Waals surface area contributed by atoms with E-state index in [4.69, 9.17) is 9.47 Å². The zero-order chi connectivity index (χ0) is 19.3. The topological polar surface area (TPSA) is 76.7 Å². The Bertz CT molecular complexity index is 687. The van der Waals surface area contributed by atoms with Crippen LogP contribution in [0.3, 0.4) is 0 Å². The summed E-state index contributed by atoms with van der Waals surface area (Å²) in [4.78, 5) is 24.6. The van der Waals surface area contributed by atoms with Crippen molar-refractivity contribution in [2.45, 2.75) is 59.1 Å². The molecule has 1 unspecified atom stereocenters. The maximum atomic E-state index is 12.5. The highest BCUT2D eigenvalue weighted by Crippen LogP contribution is 2.31. The molecule has 0 fully saturated rings. The SMILES string of the molecule is CCCC1=C(C(=O)OCC)C(c2ccc(OC(C)(C)C)cc2)NC(=O)N1. The van der Waals surface area contributed by atoms with Crippen LogP contribution in [0.15, 0.2) is 35.5 Å². The second-order valence-electron chi connectivity index (χ2n) is 7.18. The lowest BCUT2D eigenvalue weighted by Crippen LogP contribution is -2.46. The molecule has 6 heteroatoms. The summed E-state index contributed by atoms with van der Waals surface area (Å²) in [6, 6.07) is 6.54. The Morgan fingerprint density at radius 3 is 2.35 bits per heavy atom. The number of rotatable bonds is 6. The molecule has 0 aromatic heterocycles. The summed E-state index contributed by atoms with van der Waals surface area (Å²) in [6.07, 6.45) is 1.41. The van der Waals surface area contributed by atoms with Crippen molar-refractivity contribution in [3.8, 4) is 5.75 Å². The summed E-state index contributed by atoms with van der Waals surface area (Å²) >= 11 is 0. The van der Waals surface area contributed by atoms with Gasteiger partial charge in [-0.2, -0.15) is 0 Å². The molecule has 1 aromatic rings. The third-order valence-electron chi connectivity index (χ3n) is 3.79. The molecule has 2 N–H and O–H groups in total. The van der Waals surface area contributed by atoms with Crippen LogP contribution in [0, 0.1) is 0 Å². The number of carbonyl (C=O) groups excluding carboxylic acids is 2. The quantitative estimate of drug-likeness (QED) is 0.756. The van der Waals surface area contributed by atoms with Crippen LogP contribution in [-0.2, 0) is 9.53 Å². The van der Waals surface area contributed by atoms with Gasteiger partial charge in [0, 0.05) is 5.70 Å². The Morgan fingerprint density at radius 2 is 1.81 bits per heavy atom. The molecule has 0 saturated heterocycles. The summed E-state index contributed by atoms with van der Waals surface area (Å²) in [5, 5.41) is 5.58. The van der Waals surface area contributed by atoms with Crippen molar-refractivity contribution in [1.82, 2.24) is 10.6 Å². The minimum absolute atomic E-state index is 0.279. The monoisotopic (exact) mass is 360 g/mol. The number of urea groups is 1. The minimum Gasteiger partial charge on any atom is -0.488 e. The van der Waals surface area contributed by atoms with Crippen LogP contribution < -0.4 is 15.4 Å². The van der Waals surface area contributed by atoms with Gasteiger partial charge in [-0.1, -0.05) is 25.5 Å². The number of ether oxygens (including phenoxy) is 2. The largest absolute Gasteiger partial charge is 0.488 e. The Balaban J connectivity index is 2.38. The molecule has 0 saturated carbocycles. The Labute approximate surface area is 154 Å². The maximum absolute atomic E-state index is 12.5. The van der Waals surface area contributed by atoms with Gasteiger partial charge in [0.1, 0.15) is 11.4 Å². The molecule has 1 heterocycles. The molecule has 1 aliphatic heterocycles. The molecular formula is C20H28N2O4. The summed E-state index contributed by atoms with van der Waals surface area (Å²) in [5.74, 6) is 0.320. The van der Waals surface area contributed by atoms with Crippen LogP contribution >= 0.6 is 0 Å². The summed E-state index contributed by atoms with van der Waals surface area (Å²) in [6.45, 7) is 9.98. The van der Waals surface area contributed by atoms with E-state index in [1.54, 1.807) is 6.92 Å². The van der Waals surface area contributed by atoms with Gasteiger partial charge < -0.3 is 20.1 Å². The van der Waals surface area contributed by atoms with E-state index in [-0.39, 0.29) is 18.2 Å². The lowest BCUT2D eigenvalue weighted by Gasteiger charge is -2.29. The molecule has 0 radical (unpaired) electrons. The zero-order valence-corrected chi connectivity index (χ0v) is 16.1. The predicted molar refractivity (Wildman–Crippen MR) is 99.8 cm³/mol. The molecule has 2 rings (SSSR count). The highest BCUT2D eigenvalue weighted by molar-refractivity contribution is 5.95. The van der Waals surface area contributed by atoms with Gasteiger partial charge in [-0.05, 0) is 51.8 Å². The molecule has 0 aliphatic carbocycles. The average molecular weight is 360 g/mol. The molecule has 1 aromatic carbocycles. The summed E-state index contributed by atoms with van der Waals surface area (Å²) < 4.78 is 11.1. The number of amides is 2. The van der Waals surface area contributed by atoms with Gasteiger partial charge in [0.2, 0.25) is 0 Å². The highest BCUT2D eigenvalue weighted by atomic mass is 16.5. The highest BCUT2D eigenvalue weighted by Gasteiger charge is 2.33. The first kappa shape index (κ1) is 19.8. The predicted octanol–water partition coefficient (Wildman–Crippen LogP) is 3.84. The van der Waals surface area contributed by atoms with Crippen LogP contribution in [-0.4, -0.2) is 24.2 Å². The number of hydrogen-bond acceptors (Lipinski definition) is 4. The smallest absolute Gasteiger partial charge is 0.338 e. The number of carbonyl (C=O) groups is 2. The molecule has 0 bridgehead atoms. The van der Waals surface area contributed by atoms with Crippen molar-refractivity contribution in [1.29, 1.82) is 0 Å². The van der Waals surface area contributed by atoms with Crippen LogP contribution in [0.4, 0.5) is 4.79 Å². The van der Waals surface area contributed by atoms with Crippen LogP contribution in [0.5, 0.6) is 5.75 Å². The van der Waals surface area contributed by atoms with Gasteiger partial charge in [0.15, 0.2) is 0 Å². The van der Waals surface area contributed by atoms with Crippen molar-refractivity contribution in [3.63, 3.8) is 0 Å². The Hall–Kier alpha value is -2.50. The lowest BCUT2D eigenvalue weighted by molar-refractivity contribution is -0.139. The Morgan fingerprint density at radius 1 is 1.15 bits per heavy atom. The van der Waals surface area contributed by atoms with E-state index in [9.17, 15) is 9.59 Å². The number of nitrogens with one attached hydrogen (secondary N) is 2. The van der Waals surface area contributed by atoms with Crippen LogP contribution in [0.25, 0.3) is 0 Å². The van der Waals surface area contributed by atoms with Crippen molar-refractivity contribution >= 4 is 12.0 Å². The van der Waals surface area contributed by atoms with E-state index in [1.165, 1.54) is 0 Å². The molecule has 26 heavy (non-hydrogen) atoms. The maximum Gasteiger partial charge on any atom is 0.338 e. The van der Waals surface area contributed by atoms with Crippen LogP contribution in [0.2, 0.25) is 0 Å². The molecule has 0 spiro atoms. The molecule has 1 aliphatic rings. The van der Waals surface area contributed by atoms with Gasteiger partial charge in [0.25, 0.3) is 0 Å². The molecular weight excluding hydrogens is 332 g/mol. The Kier molecular flexibility index (Phi) is 6.29. The fourth-order valence-corrected chi connectivity index (χ4v) is 2.85. The average Bonchev–Trinajstić information content (AvgIpc) is 2.54. The summed E-state index contributed by atoms with van der Waals surface area (Å²) in [5.41, 5.74) is 1.58. The second-order valence-corrected chi connectivity index (χ2v) is 7.18. The van der Waals surface area contributed by atoms with E-state index in [1.807, 2.05) is 52.0 Å². The van der Waals surface area contributed by atoms with E-state index >= 15 is 0 Å². The second kappa shape index (κ2) is 8.25. The lowest BCUT2D eigenvalue weighted by atomic mass is 9.94. The number of hydrogen-bond donors (Lipinski definition) is 2. The standard InChI is InChI=1S/C20H28N2O4/c1-6-8-15-16(18(23)25-7-2)17(22-19(24)21-15)13-9-11-14(12-10-13)26-20(3,4)5/h9-12,17H,6-8H2,1-5H3,(H2,21,22,24). The van der Waals surface area contributed by atoms with E-state index < -0.39 is 12.0 Å². The molecule has 6 nitrogen and oxygen atoms in total. The van der Waals surface area contributed by atoms with E-state index in [2.05, 4.69) is 10.6 Å². The van der Waals surface area contributed by atoms with E-state index in [0.717, 1.165) is 17.7 Å². The van der Waals surface area contributed by atoms with Gasteiger partial charge in [-0.25, -0.2) is 9.59 Å². The fourth-order valence-electron chi connectivity index (χ4n) is 2.85. The van der Waals surface area contributed by atoms with Gasteiger partial charge >= 0.3 is 12.0 Å². The van der Waals surface area contributed by atoms with Crippen LogP contribution in [0.1, 0.15) is 59.1 Å². The number of benzene rings is 1. The fraction of sp³-hybridized carbons (Fsp3) is 0.500. The number of allylic oxidation sites excluding steroid dienone is 1. The van der Waals surface area contributed by atoms with Gasteiger partial charge in [-0.3, -0.25) is 0 Å². The molecule has 1 atom stereocenters. The molecule has 2 amide bonds.